The number of amides is 3. The summed E-state index contributed by atoms with van der Waals surface area (Å²) in [5, 5.41) is 24.0. The monoisotopic (exact) mass is 509 g/mol. The van der Waals surface area contributed by atoms with Crippen LogP contribution in [0.15, 0.2) is 60.7 Å². The zero-order chi connectivity index (χ0) is 26.0. The molecule has 0 radical (unpaired) electrons. The molecule has 4 atom stereocenters. The molecule has 2 fully saturated rings. The second-order valence-electron chi connectivity index (χ2n) is 9.22. The van der Waals surface area contributed by atoms with E-state index in [0.29, 0.717) is 12.1 Å². The predicted octanol–water partition coefficient (Wildman–Crippen LogP) is 2.44. The Kier molecular flexibility index (Phi) is 7.42. The van der Waals surface area contributed by atoms with Crippen LogP contribution in [0.4, 0.5) is 0 Å². The van der Waals surface area contributed by atoms with E-state index in [2.05, 4.69) is 5.32 Å². The van der Waals surface area contributed by atoms with Crippen LogP contribution in [0, 0.1) is 6.92 Å². The first-order chi connectivity index (χ1) is 17.2. The Morgan fingerprint density at radius 3 is 2.64 bits per heavy atom. The fraction of sp³-hybridized carbons (Fsp3) is 0.370. The lowest BCUT2D eigenvalue weighted by atomic mass is 9.92. The Bertz CT molecular complexity index is 1190. The van der Waals surface area contributed by atoms with Crippen LogP contribution in [0.5, 0.6) is 5.75 Å². The number of aliphatic hydroxyl groups excluding tert-OH is 1. The second-order valence-corrected chi connectivity index (χ2v) is 10.6. The summed E-state index contributed by atoms with van der Waals surface area (Å²) in [5.41, 5.74) is 1.49. The summed E-state index contributed by atoms with van der Waals surface area (Å²) in [5.74, 6) is -0.996. The molecule has 3 amide bonds. The summed E-state index contributed by atoms with van der Waals surface area (Å²) in [6, 6.07) is 12.3. The lowest BCUT2D eigenvalue weighted by Gasteiger charge is -2.52. The molecule has 0 aliphatic carbocycles. The molecule has 1 unspecified atom stereocenters. The number of hydrogen-bond acceptors (Lipinski definition) is 6. The van der Waals surface area contributed by atoms with Gasteiger partial charge < -0.3 is 25.3 Å². The van der Waals surface area contributed by atoms with Gasteiger partial charge in [0.2, 0.25) is 5.91 Å². The minimum absolute atomic E-state index is 0.0155. The summed E-state index contributed by atoms with van der Waals surface area (Å²) >= 11 is 1.49. The van der Waals surface area contributed by atoms with Crippen LogP contribution in [0.1, 0.15) is 35.3 Å². The highest BCUT2D eigenvalue weighted by Gasteiger charge is 2.65. The van der Waals surface area contributed by atoms with Gasteiger partial charge in [-0.3, -0.25) is 14.4 Å². The lowest BCUT2D eigenvalue weighted by molar-refractivity contribution is -0.166. The molecule has 0 saturated carbocycles. The number of likely N-dealkylation sites (tertiary alicyclic amines) is 1. The molecule has 2 aliphatic rings. The molecule has 3 N–H and O–H groups in total. The molecule has 2 aliphatic heterocycles. The van der Waals surface area contributed by atoms with Crippen molar-refractivity contribution in [2.45, 2.75) is 50.3 Å². The van der Waals surface area contributed by atoms with Gasteiger partial charge in [0.15, 0.2) is 6.10 Å². The van der Waals surface area contributed by atoms with Crippen molar-refractivity contribution < 1.29 is 24.6 Å². The average molecular weight is 510 g/mol. The topological polar surface area (TPSA) is 110 Å². The van der Waals surface area contributed by atoms with Gasteiger partial charge in [0.1, 0.15) is 16.7 Å². The second kappa shape index (κ2) is 10.4. The van der Waals surface area contributed by atoms with E-state index in [-0.39, 0.29) is 29.5 Å². The van der Waals surface area contributed by atoms with Gasteiger partial charge in [0.05, 0.1) is 11.9 Å². The summed E-state index contributed by atoms with van der Waals surface area (Å²) in [7, 11) is 0. The number of hydrogen-bond donors (Lipinski definition) is 3. The Balaban J connectivity index is 1.55. The molecule has 0 bridgehead atoms. The SMILES string of the molecule is C/C=C\CN1C(=O)[C@H]2N(C(=O)[C@@H](O)[C@H](Cc3ccccc3)NC(=O)c3cccc(O)c3C)CSC21C. The van der Waals surface area contributed by atoms with Crippen LogP contribution < -0.4 is 5.32 Å². The van der Waals surface area contributed by atoms with Gasteiger partial charge in [-0.2, -0.15) is 0 Å². The number of benzene rings is 2. The smallest absolute Gasteiger partial charge is 0.255 e. The zero-order valence-electron chi connectivity index (χ0n) is 20.5. The number of allylic oxidation sites excluding steroid dienone is 1. The highest BCUT2D eigenvalue weighted by Crippen LogP contribution is 2.50. The van der Waals surface area contributed by atoms with Crippen LogP contribution in [0.25, 0.3) is 0 Å². The lowest BCUT2D eigenvalue weighted by Crippen LogP contribution is -2.73. The first-order valence-corrected chi connectivity index (χ1v) is 12.9. The minimum Gasteiger partial charge on any atom is -0.508 e. The Labute approximate surface area is 215 Å². The van der Waals surface area contributed by atoms with E-state index < -0.39 is 34.9 Å². The number of fused-ring (bicyclic) bond motifs is 1. The number of rotatable bonds is 8. The molecule has 9 heteroatoms. The van der Waals surface area contributed by atoms with Crippen molar-refractivity contribution in [3.8, 4) is 5.75 Å². The number of phenolic OH excluding ortho intramolecular Hbond substituents is 1. The van der Waals surface area contributed by atoms with Crippen LogP contribution >= 0.6 is 11.8 Å². The molecule has 2 heterocycles. The van der Waals surface area contributed by atoms with E-state index >= 15 is 0 Å². The van der Waals surface area contributed by atoms with Gasteiger partial charge in [-0.1, -0.05) is 48.6 Å². The van der Waals surface area contributed by atoms with Crippen LogP contribution in [0.2, 0.25) is 0 Å². The highest BCUT2D eigenvalue weighted by atomic mass is 32.2. The van der Waals surface area contributed by atoms with Crippen molar-refractivity contribution in [1.29, 1.82) is 0 Å². The average Bonchev–Trinajstić information content (AvgIpc) is 3.18. The van der Waals surface area contributed by atoms with Crippen LogP contribution in [-0.4, -0.2) is 73.2 Å². The summed E-state index contributed by atoms with van der Waals surface area (Å²) in [6.45, 7) is 5.91. The third-order valence-electron chi connectivity index (χ3n) is 6.96. The number of carbonyl (C=O) groups excluding carboxylic acids is 3. The number of nitrogens with one attached hydrogen (secondary N) is 1. The van der Waals surface area contributed by atoms with Gasteiger partial charge in [0.25, 0.3) is 11.8 Å². The van der Waals surface area contributed by atoms with Crippen molar-refractivity contribution in [2.75, 3.05) is 12.4 Å². The number of thioether (sulfide) groups is 1. The maximum Gasteiger partial charge on any atom is 0.255 e. The molecule has 0 spiro atoms. The minimum atomic E-state index is -1.56. The first kappa shape index (κ1) is 25.8. The summed E-state index contributed by atoms with van der Waals surface area (Å²) < 4.78 is 0. The number of aliphatic hydroxyl groups is 1. The quantitative estimate of drug-likeness (QED) is 0.373. The van der Waals surface area contributed by atoms with Gasteiger partial charge in [0, 0.05) is 17.7 Å². The first-order valence-electron chi connectivity index (χ1n) is 11.9. The molecule has 36 heavy (non-hydrogen) atoms. The fourth-order valence-corrected chi connectivity index (χ4v) is 6.15. The largest absolute Gasteiger partial charge is 0.508 e. The van der Waals surface area contributed by atoms with Crippen molar-refractivity contribution in [2.24, 2.45) is 0 Å². The predicted molar refractivity (Wildman–Crippen MR) is 138 cm³/mol. The van der Waals surface area contributed by atoms with E-state index in [0.717, 1.165) is 5.56 Å². The molecule has 4 rings (SSSR count). The van der Waals surface area contributed by atoms with E-state index in [1.54, 1.807) is 24.0 Å². The van der Waals surface area contributed by atoms with Crippen LogP contribution in [-0.2, 0) is 16.0 Å². The van der Waals surface area contributed by atoms with Crippen LogP contribution in [0.3, 0.4) is 0 Å². The standard InChI is InChI=1S/C27H31N3O5S/c1-4-5-14-30-26(35)23-27(30,3)36-16-29(23)25(34)22(32)20(15-18-10-7-6-8-11-18)28-24(33)19-12-9-13-21(31)17(19)2/h4-13,20,22-23,31-32H,14-16H2,1-3H3,(H,28,33)/b5-4-/t20-,22-,23+,27?/m0/s1. The third kappa shape index (κ3) is 4.60. The summed E-state index contributed by atoms with van der Waals surface area (Å²) in [6.07, 6.45) is 2.42. The van der Waals surface area contributed by atoms with Gasteiger partial charge in [-0.05, 0) is 44.9 Å². The third-order valence-corrected chi connectivity index (χ3v) is 8.39. The van der Waals surface area contributed by atoms with Crippen molar-refractivity contribution in [3.63, 3.8) is 0 Å². The Morgan fingerprint density at radius 2 is 1.94 bits per heavy atom. The van der Waals surface area contributed by atoms with Crippen molar-refractivity contribution in [3.05, 3.63) is 77.4 Å². The Morgan fingerprint density at radius 1 is 1.22 bits per heavy atom. The molecular formula is C27H31N3O5S. The number of phenols is 1. The van der Waals surface area contributed by atoms with Gasteiger partial charge in [-0.25, -0.2) is 0 Å². The van der Waals surface area contributed by atoms with E-state index in [9.17, 15) is 24.6 Å². The molecule has 2 aromatic rings. The van der Waals surface area contributed by atoms with E-state index in [4.69, 9.17) is 0 Å². The summed E-state index contributed by atoms with van der Waals surface area (Å²) in [4.78, 5) is 42.1. The molecule has 8 nitrogen and oxygen atoms in total. The molecule has 190 valence electrons. The normalized spacial score (nSPS) is 22.8. The molecular weight excluding hydrogens is 478 g/mol. The number of aromatic hydroxyl groups is 1. The number of nitrogens with zero attached hydrogens (tertiary/aromatic N) is 2. The number of β-lactam (4-membered cyclic amide) rings is 1. The zero-order valence-corrected chi connectivity index (χ0v) is 21.4. The number of carbonyl (C=O) groups is 3. The van der Waals surface area contributed by atoms with E-state index in [1.165, 1.54) is 22.7 Å². The van der Waals surface area contributed by atoms with Gasteiger partial charge in [-0.15, -0.1) is 11.8 Å². The van der Waals surface area contributed by atoms with E-state index in [1.807, 2.05) is 56.3 Å². The molecule has 2 aromatic carbocycles. The highest BCUT2D eigenvalue weighted by molar-refractivity contribution is 8.01. The van der Waals surface area contributed by atoms with Crippen molar-refractivity contribution in [1.82, 2.24) is 15.1 Å². The molecule has 2 saturated heterocycles. The fourth-order valence-electron chi connectivity index (χ4n) is 4.77. The van der Waals surface area contributed by atoms with Crippen molar-refractivity contribution >= 4 is 29.5 Å². The maximum atomic E-state index is 13.5. The molecule has 0 aromatic heterocycles. The maximum absolute atomic E-state index is 13.5. The Hall–Kier alpha value is -3.30. The van der Waals surface area contributed by atoms with Gasteiger partial charge >= 0.3 is 0 Å².